The van der Waals surface area contributed by atoms with Gasteiger partial charge in [-0.1, -0.05) is 15.9 Å². The van der Waals surface area contributed by atoms with Gasteiger partial charge in [-0.3, -0.25) is 0 Å². The summed E-state index contributed by atoms with van der Waals surface area (Å²) in [7, 11) is 0. The third-order valence-electron chi connectivity index (χ3n) is 1.84. The van der Waals surface area contributed by atoms with Crippen LogP contribution in [0, 0.1) is 9.81 Å². The summed E-state index contributed by atoms with van der Waals surface area (Å²) in [6, 6.07) is 6.44. The number of rotatable bonds is 0. The molecule has 0 aliphatic carbocycles. The summed E-state index contributed by atoms with van der Waals surface area (Å²) in [6.45, 7) is 2.17. The topological polar surface area (TPSA) is 0 Å². The highest BCUT2D eigenvalue weighted by molar-refractivity contribution is 14.1. The van der Waals surface area contributed by atoms with Crippen LogP contribution in [0.5, 0.6) is 0 Å². The normalized spacial score (nSPS) is 10.9. The molecule has 3 heteroatoms. The lowest BCUT2D eigenvalue weighted by Crippen LogP contribution is -1.69. The van der Waals surface area contributed by atoms with Gasteiger partial charge in [0, 0.05) is 9.17 Å². The Hall–Kier alpha value is 0.390. The van der Waals surface area contributed by atoms with Crippen LogP contribution in [0.25, 0.3) is 10.1 Å². The van der Waals surface area contributed by atoms with Crippen LogP contribution in [0.15, 0.2) is 22.7 Å². The van der Waals surface area contributed by atoms with Crippen molar-refractivity contribution in [2.24, 2.45) is 0 Å². The molecule has 0 fully saturated rings. The zero-order valence-corrected chi connectivity index (χ0v) is 11.0. The van der Waals surface area contributed by atoms with Gasteiger partial charge >= 0.3 is 0 Å². The standard InChI is InChI=1S/C9H6BrIS/c1-5-7-4-6(10)2-3-8(7)12-9(5)11/h2-4H,1H3. The first-order valence-electron chi connectivity index (χ1n) is 3.52. The summed E-state index contributed by atoms with van der Waals surface area (Å²) in [5, 5.41) is 1.37. The van der Waals surface area contributed by atoms with Crippen molar-refractivity contribution >= 4 is 59.9 Å². The van der Waals surface area contributed by atoms with E-state index in [0.29, 0.717) is 0 Å². The van der Waals surface area contributed by atoms with Gasteiger partial charge in [0.2, 0.25) is 0 Å². The first kappa shape index (κ1) is 8.97. The monoisotopic (exact) mass is 352 g/mol. The number of benzene rings is 1. The molecular weight excluding hydrogens is 347 g/mol. The fourth-order valence-electron chi connectivity index (χ4n) is 1.16. The van der Waals surface area contributed by atoms with Crippen LogP contribution in [0.4, 0.5) is 0 Å². The lowest BCUT2D eigenvalue weighted by atomic mass is 10.2. The Morgan fingerprint density at radius 3 is 2.92 bits per heavy atom. The first-order valence-corrected chi connectivity index (χ1v) is 6.21. The molecule has 0 atom stereocenters. The van der Waals surface area contributed by atoms with E-state index in [1.807, 2.05) is 11.3 Å². The van der Waals surface area contributed by atoms with Crippen molar-refractivity contribution in [1.82, 2.24) is 0 Å². The minimum absolute atomic E-state index is 1.16. The Morgan fingerprint density at radius 1 is 1.42 bits per heavy atom. The summed E-state index contributed by atoms with van der Waals surface area (Å²) in [6.07, 6.45) is 0. The number of thiophene rings is 1. The van der Waals surface area contributed by atoms with E-state index in [0.717, 1.165) is 4.47 Å². The maximum Gasteiger partial charge on any atom is 0.0695 e. The molecule has 0 N–H and O–H groups in total. The predicted octanol–water partition coefficient (Wildman–Crippen LogP) is 4.58. The average molecular weight is 353 g/mol. The number of hydrogen-bond acceptors (Lipinski definition) is 1. The number of fused-ring (bicyclic) bond motifs is 1. The molecule has 0 nitrogen and oxygen atoms in total. The average Bonchev–Trinajstić information content (AvgIpc) is 2.31. The fraction of sp³-hybridized carbons (Fsp3) is 0.111. The van der Waals surface area contributed by atoms with Crippen molar-refractivity contribution in [3.8, 4) is 0 Å². The number of hydrogen-bond donors (Lipinski definition) is 0. The zero-order chi connectivity index (χ0) is 8.72. The van der Waals surface area contributed by atoms with Crippen molar-refractivity contribution in [2.75, 3.05) is 0 Å². The molecule has 0 saturated carbocycles. The molecule has 0 aliphatic heterocycles. The van der Waals surface area contributed by atoms with Crippen LogP contribution in [0.2, 0.25) is 0 Å². The number of halogens is 2. The lowest BCUT2D eigenvalue weighted by Gasteiger charge is -1.92. The molecule has 0 aliphatic rings. The van der Waals surface area contributed by atoms with E-state index in [1.165, 1.54) is 18.5 Å². The maximum atomic E-state index is 3.48. The van der Waals surface area contributed by atoms with Crippen molar-refractivity contribution in [3.63, 3.8) is 0 Å². The van der Waals surface area contributed by atoms with Crippen molar-refractivity contribution in [1.29, 1.82) is 0 Å². The minimum atomic E-state index is 1.16. The molecule has 1 aromatic carbocycles. The van der Waals surface area contributed by atoms with E-state index in [1.54, 1.807) is 0 Å². The molecule has 2 rings (SSSR count). The molecule has 0 saturated heterocycles. The van der Waals surface area contributed by atoms with E-state index < -0.39 is 0 Å². The molecule has 1 heterocycles. The van der Waals surface area contributed by atoms with Crippen LogP contribution in [0.3, 0.4) is 0 Å². The highest BCUT2D eigenvalue weighted by Crippen LogP contribution is 2.33. The Balaban J connectivity index is 2.88. The van der Waals surface area contributed by atoms with Crippen LogP contribution >= 0.6 is 49.9 Å². The fourth-order valence-corrected chi connectivity index (χ4v) is 3.44. The molecule has 0 amide bonds. The third-order valence-corrected chi connectivity index (χ3v) is 4.86. The second-order valence-electron chi connectivity index (χ2n) is 2.64. The van der Waals surface area contributed by atoms with Crippen molar-refractivity contribution in [3.05, 3.63) is 31.1 Å². The number of aryl methyl sites for hydroxylation is 1. The molecular formula is C9H6BrIS. The summed E-state index contributed by atoms with van der Waals surface area (Å²) < 4.78 is 3.92. The first-order chi connectivity index (χ1) is 5.68. The predicted molar refractivity (Wildman–Crippen MR) is 67.0 cm³/mol. The van der Waals surface area contributed by atoms with E-state index in [9.17, 15) is 0 Å². The Kier molecular flexibility index (Phi) is 2.44. The van der Waals surface area contributed by atoms with Crippen LogP contribution in [-0.4, -0.2) is 0 Å². The minimum Gasteiger partial charge on any atom is -0.129 e. The second kappa shape index (κ2) is 3.27. The highest BCUT2D eigenvalue weighted by atomic mass is 127. The lowest BCUT2D eigenvalue weighted by molar-refractivity contribution is 1.56. The van der Waals surface area contributed by atoms with Gasteiger partial charge in [0.1, 0.15) is 0 Å². The SMILES string of the molecule is Cc1c(I)sc2ccc(Br)cc12. The second-order valence-corrected chi connectivity index (χ2v) is 6.42. The Bertz CT molecular complexity index is 433. The molecule has 1 aromatic heterocycles. The molecule has 12 heavy (non-hydrogen) atoms. The van der Waals surface area contributed by atoms with Gasteiger partial charge in [0.25, 0.3) is 0 Å². The van der Waals surface area contributed by atoms with Gasteiger partial charge in [-0.15, -0.1) is 11.3 Å². The Labute approximate surface area is 97.2 Å². The summed E-state index contributed by atoms with van der Waals surface area (Å²) in [4.78, 5) is 0. The van der Waals surface area contributed by atoms with Gasteiger partial charge in [-0.2, -0.15) is 0 Å². The van der Waals surface area contributed by atoms with Crippen molar-refractivity contribution in [2.45, 2.75) is 6.92 Å². The molecule has 0 unspecified atom stereocenters. The van der Waals surface area contributed by atoms with E-state index >= 15 is 0 Å². The third kappa shape index (κ3) is 1.42. The van der Waals surface area contributed by atoms with Crippen LogP contribution < -0.4 is 0 Å². The van der Waals surface area contributed by atoms with E-state index in [-0.39, 0.29) is 0 Å². The molecule has 0 radical (unpaired) electrons. The molecule has 0 spiro atoms. The van der Waals surface area contributed by atoms with Gasteiger partial charge in [-0.25, -0.2) is 0 Å². The molecule has 0 bridgehead atoms. The molecule has 62 valence electrons. The smallest absolute Gasteiger partial charge is 0.0695 e. The zero-order valence-electron chi connectivity index (χ0n) is 6.40. The van der Waals surface area contributed by atoms with Gasteiger partial charge < -0.3 is 0 Å². The van der Waals surface area contributed by atoms with Gasteiger partial charge in [-0.05, 0) is 58.7 Å². The molecule has 2 aromatic rings. The van der Waals surface area contributed by atoms with E-state index in [4.69, 9.17) is 0 Å². The van der Waals surface area contributed by atoms with Crippen LogP contribution in [-0.2, 0) is 0 Å². The van der Waals surface area contributed by atoms with Gasteiger partial charge in [0.05, 0.1) is 2.88 Å². The Morgan fingerprint density at radius 2 is 2.17 bits per heavy atom. The van der Waals surface area contributed by atoms with Crippen molar-refractivity contribution < 1.29 is 0 Å². The maximum absolute atomic E-state index is 3.48. The van der Waals surface area contributed by atoms with E-state index in [2.05, 4.69) is 63.6 Å². The largest absolute Gasteiger partial charge is 0.129 e. The highest BCUT2D eigenvalue weighted by Gasteiger charge is 2.05. The quantitative estimate of drug-likeness (QED) is 0.609. The summed E-state index contributed by atoms with van der Waals surface area (Å²) in [5.74, 6) is 0. The van der Waals surface area contributed by atoms with Crippen LogP contribution in [0.1, 0.15) is 5.56 Å². The van der Waals surface area contributed by atoms with Gasteiger partial charge in [0.15, 0.2) is 0 Å². The summed E-state index contributed by atoms with van der Waals surface area (Å²) in [5.41, 5.74) is 1.40. The summed E-state index contributed by atoms with van der Waals surface area (Å²) >= 11 is 7.72.